The monoisotopic (exact) mass is 387 g/mol. The number of likely N-dealkylation sites (tertiary alicyclic amines) is 1. The van der Waals surface area contributed by atoms with E-state index >= 15 is 0 Å². The van der Waals surface area contributed by atoms with Gasteiger partial charge in [0.05, 0.1) is 12.5 Å². The number of carbonyl (C=O) groups excluding carboxylic acids is 1. The molecule has 1 aromatic carbocycles. The van der Waals surface area contributed by atoms with Crippen LogP contribution in [0, 0.1) is 11.3 Å². The van der Waals surface area contributed by atoms with Crippen LogP contribution in [0.2, 0.25) is 0 Å². The lowest BCUT2D eigenvalue weighted by atomic mass is 9.97. The maximum atomic E-state index is 12.8. The lowest BCUT2D eigenvalue weighted by Gasteiger charge is -2.31. The molecule has 1 amide bonds. The van der Waals surface area contributed by atoms with Crippen LogP contribution in [0.25, 0.3) is 17.0 Å². The molecule has 0 spiro atoms. The molecule has 0 aliphatic carbocycles. The zero-order valence-electron chi connectivity index (χ0n) is 16.7. The van der Waals surface area contributed by atoms with Gasteiger partial charge in [-0.15, -0.1) is 0 Å². The number of amides is 1. The summed E-state index contributed by atoms with van der Waals surface area (Å²) in [6, 6.07) is 10.3. The van der Waals surface area contributed by atoms with E-state index in [2.05, 4.69) is 21.7 Å². The molecule has 0 radical (unpaired) electrons. The number of hydrogen-bond acceptors (Lipinski definition) is 3. The molecule has 1 atom stereocenters. The van der Waals surface area contributed by atoms with Crippen molar-refractivity contribution in [2.75, 3.05) is 13.1 Å². The summed E-state index contributed by atoms with van der Waals surface area (Å²) < 4.78 is 4.13. The van der Waals surface area contributed by atoms with Gasteiger partial charge < -0.3 is 14.0 Å². The molecule has 0 saturated carbocycles. The second-order valence-electron chi connectivity index (χ2n) is 7.56. The van der Waals surface area contributed by atoms with Crippen molar-refractivity contribution >= 4 is 22.9 Å². The smallest absolute Gasteiger partial charge is 0.246 e. The second kappa shape index (κ2) is 8.36. The van der Waals surface area contributed by atoms with Crippen molar-refractivity contribution in [3.05, 3.63) is 60.3 Å². The highest BCUT2D eigenvalue weighted by Gasteiger charge is 2.26. The molecule has 1 unspecified atom stereocenters. The predicted molar refractivity (Wildman–Crippen MR) is 113 cm³/mol. The van der Waals surface area contributed by atoms with Crippen molar-refractivity contribution < 1.29 is 4.79 Å². The standard InChI is InChI=1S/C23H25N5O/c1-26-15-12-25-23(26)19-6-4-13-28(17-19)22(29)10-9-18-16-27(14-5-11-24)21-8-3-2-7-20(18)21/h2-3,7-10,12,15-16,19H,4-6,13-14,17H2,1H3/b10-9+. The number of benzene rings is 1. The van der Waals surface area contributed by atoms with Crippen molar-refractivity contribution in [2.45, 2.75) is 31.7 Å². The van der Waals surface area contributed by atoms with E-state index in [4.69, 9.17) is 5.26 Å². The fourth-order valence-electron chi connectivity index (χ4n) is 4.19. The summed E-state index contributed by atoms with van der Waals surface area (Å²) in [6.45, 7) is 2.14. The number of para-hydroxylation sites is 1. The number of fused-ring (bicyclic) bond motifs is 1. The van der Waals surface area contributed by atoms with E-state index in [0.29, 0.717) is 19.5 Å². The largest absolute Gasteiger partial charge is 0.346 e. The quantitative estimate of drug-likeness (QED) is 0.627. The van der Waals surface area contributed by atoms with Gasteiger partial charge in [0.15, 0.2) is 0 Å². The van der Waals surface area contributed by atoms with Crippen molar-refractivity contribution in [2.24, 2.45) is 7.05 Å². The highest BCUT2D eigenvalue weighted by molar-refractivity contribution is 5.96. The van der Waals surface area contributed by atoms with Gasteiger partial charge in [-0.1, -0.05) is 18.2 Å². The Labute approximate surface area is 170 Å². The third-order valence-corrected chi connectivity index (χ3v) is 5.65. The first-order valence-electron chi connectivity index (χ1n) is 10.1. The van der Waals surface area contributed by atoms with Crippen molar-refractivity contribution in [1.82, 2.24) is 19.0 Å². The molecular weight excluding hydrogens is 362 g/mol. The SMILES string of the molecule is Cn1ccnc1C1CCCN(C(=O)/C=C/c2cn(CCC#N)c3ccccc23)C1. The normalized spacial score (nSPS) is 17.1. The van der Waals surface area contributed by atoms with E-state index in [-0.39, 0.29) is 11.8 Å². The number of imidazole rings is 1. The van der Waals surface area contributed by atoms with Crippen LogP contribution in [-0.4, -0.2) is 38.0 Å². The van der Waals surface area contributed by atoms with Crippen LogP contribution in [0.1, 0.15) is 36.6 Å². The predicted octanol–water partition coefficient (Wildman–Crippen LogP) is 3.71. The number of aryl methyl sites for hydroxylation is 2. The Bertz CT molecular complexity index is 1080. The Morgan fingerprint density at radius 2 is 2.24 bits per heavy atom. The van der Waals surface area contributed by atoms with Crippen molar-refractivity contribution in [1.29, 1.82) is 5.26 Å². The lowest BCUT2D eigenvalue weighted by Crippen LogP contribution is -2.38. The highest BCUT2D eigenvalue weighted by Crippen LogP contribution is 2.26. The molecule has 6 heteroatoms. The van der Waals surface area contributed by atoms with Crippen molar-refractivity contribution in [3.8, 4) is 6.07 Å². The average molecular weight is 387 g/mol. The average Bonchev–Trinajstić information content (AvgIpc) is 3.34. The summed E-state index contributed by atoms with van der Waals surface area (Å²) >= 11 is 0. The zero-order chi connectivity index (χ0) is 20.2. The minimum absolute atomic E-state index is 0.0396. The molecule has 4 rings (SSSR count). The van der Waals surface area contributed by atoms with Gasteiger partial charge in [0.1, 0.15) is 5.82 Å². The molecule has 1 saturated heterocycles. The minimum Gasteiger partial charge on any atom is -0.346 e. The molecule has 29 heavy (non-hydrogen) atoms. The van der Waals surface area contributed by atoms with Crippen LogP contribution in [0.3, 0.4) is 0 Å². The van der Waals surface area contributed by atoms with E-state index in [9.17, 15) is 4.79 Å². The van der Waals surface area contributed by atoms with Crippen LogP contribution in [0.5, 0.6) is 0 Å². The molecule has 6 nitrogen and oxygen atoms in total. The number of nitriles is 1. The molecule has 1 aliphatic rings. The summed E-state index contributed by atoms with van der Waals surface area (Å²) in [5.74, 6) is 1.37. The van der Waals surface area contributed by atoms with Gasteiger partial charge in [-0.25, -0.2) is 4.98 Å². The van der Waals surface area contributed by atoms with Crippen LogP contribution >= 0.6 is 0 Å². The molecule has 0 bridgehead atoms. The molecular formula is C23H25N5O. The fraction of sp³-hybridized carbons (Fsp3) is 0.348. The first-order valence-corrected chi connectivity index (χ1v) is 10.1. The van der Waals surface area contributed by atoms with Gasteiger partial charge in [-0.3, -0.25) is 4.79 Å². The van der Waals surface area contributed by atoms with E-state index in [1.807, 2.05) is 59.4 Å². The lowest BCUT2D eigenvalue weighted by molar-refractivity contribution is -0.127. The second-order valence-corrected chi connectivity index (χ2v) is 7.56. The summed E-state index contributed by atoms with van der Waals surface area (Å²) in [7, 11) is 2.01. The number of piperidine rings is 1. The number of hydrogen-bond donors (Lipinski definition) is 0. The van der Waals surface area contributed by atoms with Gasteiger partial charge in [0.25, 0.3) is 0 Å². The maximum Gasteiger partial charge on any atom is 0.246 e. The summed E-state index contributed by atoms with van der Waals surface area (Å²) in [6.07, 6.45) is 11.9. The molecule has 3 aromatic rings. The Balaban J connectivity index is 1.51. The number of rotatable bonds is 5. The van der Waals surface area contributed by atoms with Crippen LogP contribution in [0.15, 0.2) is 48.9 Å². The Hall–Kier alpha value is -3.33. The molecule has 148 valence electrons. The van der Waals surface area contributed by atoms with E-state index in [1.54, 1.807) is 6.08 Å². The molecule has 3 heterocycles. The molecule has 2 aromatic heterocycles. The van der Waals surface area contributed by atoms with Crippen LogP contribution < -0.4 is 0 Å². The van der Waals surface area contributed by atoms with E-state index in [1.165, 1.54) is 0 Å². The Kier molecular flexibility index (Phi) is 5.48. The number of nitrogens with zero attached hydrogens (tertiary/aromatic N) is 5. The Morgan fingerprint density at radius 3 is 3.03 bits per heavy atom. The molecule has 1 fully saturated rings. The minimum atomic E-state index is 0.0396. The Morgan fingerprint density at radius 1 is 1.38 bits per heavy atom. The first-order chi connectivity index (χ1) is 14.2. The van der Waals surface area contributed by atoms with Gasteiger partial charge in [0.2, 0.25) is 5.91 Å². The summed E-state index contributed by atoms with van der Waals surface area (Å²) in [4.78, 5) is 19.2. The van der Waals surface area contributed by atoms with Crippen molar-refractivity contribution in [3.63, 3.8) is 0 Å². The fourth-order valence-corrected chi connectivity index (χ4v) is 4.19. The number of carbonyl (C=O) groups is 1. The van der Waals surface area contributed by atoms with Gasteiger partial charge in [-0.05, 0) is 25.0 Å². The summed E-state index contributed by atoms with van der Waals surface area (Å²) in [5, 5.41) is 10.00. The maximum absolute atomic E-state index is 12.8. The first kappa shape index (κ1) is 19.0. The van der Waals surface area contributed by atoms with Crippen LogP contribution in [0.4, 0.5) is 0 Å². The van der Waals surface area contributed by atoms with Gasteiger partial charge in [0, 0.05) is 73.7 Å². The number of aromatic nitrogens is 3. The van der Waals surface area contributed by atoms with Gasteiger partial charge in [-0.2, -0.15) is 5.26 Å². The molecule has 1 aliphatic heterocycles. The zero-order valence-corrected chi connectivity index (χ0v) is 16.7. The summed E-state index contributed by atoms with van der Waals surface area (Å²) in [5.41, 5.74) is 2.09. The van der Waals surface area contributed by atoms with E-state index < -0.39 is 0 Å². The molecule has 0 N–H and O–H groups in total. The van der Waals surface area contributed by atoms with E-state index in [0.717, 1.165) is 41.7 Å². The third kappa shape index (κ3) is 3.95. The van der Waals surface area contributed by atoms with Gasteiger partial charge >= 0.3 is 0 Å². The third-order valence-electron chi connectivity index (χ3n) is 5.65. The van der Waals surface area contributed by atoms with Crippen LogP contribution in [-0.2, 0) is 18.4 Å². The topological polar surface area (TPSA) is 66.8 Å². The highest BCUT2D eigenvalue weighted by atomic mass is 16.2.